The van der Waals surface area contributed by atoms with Gasteiger partial charge in [-0.1, -0.05) is 65.8 Å². The maximum Gasteiger partial charge on any atom is 0.408 e. The highest BCUT2D eigenvalue weighted by Gasteiger charge is 2.33. The lowest BCUT2D eigenvalue weighted by Crippen LogP contribution is -2.52. The molecule has 0 aliphatic carbocycles. The van der Waals surface area contributed by atoms with E-state index >= 15 is 0 Å². The number of halogens is 1. The van der Waals surface area contributed by atoms with Gasteiger partial charge >= 0.3 is 13.7 Å². The average molecular weight is 664 g/mol. The average Bonchev–Trinajstić information content (AvgIpc) is 2.94. The number of hydrogen-bond acceptors (Lipinski definition) is 7. The van der Waals surface area contributed by atoms with Gasteiger partial charge in [-0.25, -0.2) is 4.79 Å². The number of hydrogen-bond donors (Lipinski definition) is 3. The Labute approximate surface area is 268 Å². The third kappa shape index (κ3) is 13.0. The Kier molecular flexibility index (Phi) is 13.4. The number of benzene rings is 3. The summed E-state index contributed by atoms with van der Waals surface area (Å²) in [6.07, 6.45) is 1.03. The summed E-state index contributed by atoms with van der Waals surface area (Å²) in [5.41, 5.74) is -0.261. The van der Waals surface area contributed by atoms with E-state index in [-0.39, 0.29) is 19.8 Å². The molecule has 0 fully saturated rings. The summed E-state index contributed by atoms with van der Waals surface area (Å²) in [4.78, 5) is 33.8. The van der Waals surface area contributed by atoms with Gasteiger partial charge in [0.15, 0.2) is 0 Å². The first-order valence-corrected chi connectivity index (χ1v) is 16.7. The minimum Gasteiger partial charge on any atom is -0.489 e. The predicted octanol–water partition coefficient (Wildman–Crippen LogP) is 7.58. The lowest BCUT2D eigenvalue weighted by atomic mass is 9.92. The van der Waals surface area contributed by atoms with Crippen molar-refractivity contribution in [3.8, 4) is 5.75 Å². The number of alkyl carbamates (subject to hydrolysis) is 1. The molecule has 0 spiro atoms. The molecule has 3 aromatic rings. The highest BCUT2D eigenvalue weighted by atomic mass is 35.5. The zero-order chi connectivity index (χ0) is 32.2. The maximum absolute atomic E-state index is 12.8. The van der Waals surface area contributed by atoms with E-state index in [9.17, 15) is 19.1 Å². The van der Waals surface area contributed by atoms with Crippen LogP contribution in [0.15, 0.2) is 94.5 Å². The van der Waals surface area contributed by atoms with E-state index in [0.29, 0.717) is 18.1 Å². The van der Waals surface area contributed by atoms with Gasteiger partial charge in [-0.05, 0) is 81.1 Å². The van der Waals surface area contributed by atoms with Crippen LogP contribution in [0.25, 0.3) is 0 Å². The van der Waals surface area contributed by atoms with Gasteiger partial charge in [0.05, 0.1) is 12.1 Å². The summed E-state index contributed by atoms with van der Waals surface area (Å²) >= 11 is 8.24. The molecule has 0 bridgehead atoms. The molecule has 3 N–H and O–H groups in total. The van der Waals surface area contributed by atoms with E-state index < -0.39 is 24.8 Å². The summed E-state index contributed by atoms with van der Waals surface area (Å²) in [7, 11) is -3.11. The minimum atomic E-state index is -4.55. The summed E-state index contributed by atoms with van der Waals surface area (Å²) in [5.74, 6) is 1.51. The van der Waals surface area contributed by atoms with Crippen molar-refractivity contribution in [2.45, 2.75) is 61.2 Å². The van der Waals surface area contributed by atoms with Crippen molar-refractivity contribution >= 4 is 37.1 Å². The molecule has 1 unspecified atom stereocenters. The number of methoxy groups -OCH3 is 1. The van der Waals surface area contributed by atoms with Gasteiger partial charge in [0.1, 0.15) is 24.8 Å². The molecule has 12 heteroatoms. The van der Waals surface area contributed by atoms with E-state index in [1.807, 2.05) is 72.8 Å². The summed E-state index contributed by atoms with van der Waals surface area (Å²) < 4.78 is 33.6. The molecule has 9 nitrogen and oxygen atoms in total. The molecule has 3 aromatic carbocycles. The summed E-state index contributed by atoms with van der Waals surface area (Å²) in [5, 5.41) is 3.26. The first kappa shape index (κ1) is 35.7. The standard InChI is InChI=1S/C32H39ClNO8PS/c1-31(2,3)42-30(35)34-32(22-40-23-39-4,17-18-43(36,37)38)16-15-25-13-14-28(20-29(25)33)44-27-12-8-11-26(19-27)41-21-24-9-6-5-7-10-24/h5-14,17-20H,15-16,21-23H2,1-4H3,(H,34,35)(H2,36,37,38). The minimum absolute atomic E-state index is 0.0906. The Morgan fingerprint density at radius 3 is 2.41 bits per heavy atom. The number of carbonyl (C=O) groups is 1. The topological polar surface area (TPSA) is 124 Å². The van der Waals surface area contributed by atoms with Crippen LogP contribution in [0.4, 0.5) is 4.79 Å². The second-order valence-electron chi connectivity index (χ2n) is 11.0. The molecule has 0 saturated carbocycles. The fourth-order valence-electron chi connectivity index (χ4n) is 4.05. The largest absolute Gasteiger partial charge is 0.489 e. The number of aryl methyl sites for hydroxylation is 1. The van der Waals surface area contributed by atoms with Gasteiger partial charge in [0, 0.05) is 27.7 Å². The van der Waals surface area contributed by atoms with Crippen molar-refractivity contribution < 1.29 is 38.1 Å². The number of amides is 1. The molecule has 0 heterocycles. The first-order chi connectivity index (χ1) is 20.8. The molecule has 44 heavy (non-hydrogen) atoms. The molecule has 0 aliphatic heterocycles. The SMILES string of the molecule is COCOCC(C=CP(=O)(O)O)(CCc1ccc(Sc2cccc(OCc3ccccc3)c2)cc1Cl)NC(=O)OC(C)(C)C. The summed E-state index contributed by atoms with van der Waals surface area (Å²) in [6, 6.07) is 23.5. The van der Waals surface area contributed by atoms with Gasteiger partial charge in [-0.3, -0.25) is 4.57 Å². The molecule has 1 atom stereocenters. The van der Waals surface area contributed by atoms with E-state index in [4.69, 9.17) is 30.5 Å². The molecule has 1 amide bonds. The van der Waals surface area contributed by atoms with Crippen molar-refractivity contribution in [3.63, 3.8) is 0 Å². The highest BCUT2D eigenvalue weighted by Crippen LogP contribution is 2.38. The van der Waals surface area contributed by atoms with Crippen LogP contribution in [0.5, 0.6) is 5.75 Å². The lowest BCUT2D eigenvalue weighted by molar-refractivity contribution is -0.0490. The molecule has 0 aliphatic rings. The van der Waals surface area contributed by atoms with Crippen LogP contribution in [-0.4, -0.2) is 47.5 Å². The highest BCUT2D eigenvalue weighted by molar-refractivity contribution is 7.99. The zero-order valence-corrected chi connectivity index (χ0v) is 27.7. The van der Waals surface area contributed by atoms with Crippen molar-refractivity contribution in [3.05, 3.63) is 101 Å². The molecule has 3 rings (SSSR count). The van der Waals surface area contributed by atoms with Crippen LogP contribution in [0.1, 0.15) is 38.3 Å². The first-order valence-electron chi connectivity index (χ1n) is 13.8. The number of ether oxygens (including phenoxy) is 4. The van der Waals surface area contributed by atoms with Crippen LogP contribution < -0.4 is 10.1 Å². The Morgan fingerprint density at radius 2 is 1.75 bits per heavy atom. The monoisotopic (exact) mass is 663 g/mol. The quantitative estimate of drug-likeness (QED) is 0.0858. The number of carbonyl (C=O) groups excluding carboxylic acids is 1. The van der Waals surface area contributed by atoms with Crippen LogP contribution in [-0.2, 0) is 31.8 Å². The van der Waals surface area contributed by atoms with Gasteiger partial charge in [0.2, 0.25) is 0 Å². The molecular weight excluding hydrogens is 625 g/mol. The molecule has 0 aromatic heterocycles. The van der Waals surface area contributed by atoms with E-state index in [0.717, 1.165) is 32.5 Å². The maximum atomic E-state index is 12.8. The number of rotatable bonds is 15. The molecule has 238 valence electrons. The van der Waals surface area contributed by atoms with Crippen LogP contribution in [0, 0.1) is 0 Å². The number of nitrogens with one attached hydrogen (secondary N) is 1. The second-order valence-corrected chi connectivity index (χ2v) is 14.1. The van der Waals surface area contributed by atoms with E-state index in [1.165, 1.54) is 24.9 Å². The Morgan fingerprint density at radius 1 is 1.02 bits per heavy atom. The van der Waals surface area contributed by atoms with Crippen molar-refractivity contribution in [1.29, 1.82) is 0 Å². The third-order valence-electron chi connectivity index (χ3n) is 6.05. The van der Waals surface area contributed by atoms with Crippen molar-refractivity contribution in [1.82, 2.24) is 5.32 Å². The van der Waals surface area contributed by atoms with Gasteiger partial charge in [-0.15, -0.1) is 0 Å². The smallest absolute Gasteiger partial charge is 0.408 e. The Hall–Kier alpha value is -2.82. The Balaban J connectivity index is 1.75. The third-order valence-corrected chi connectivity index (χ3v) is 7.92. The lowest BCUT2D eigenvalue weighted by Gasteiger charge is -2.33. The predicted molar refractivity (Wildman–Crippen MR) is 172 cm³/mol. The second kappa shape index (κ2) is 16.5. The van der Waals surface area contributed by atoms with Crippen molar-refractivity contribution in [2.24, 2.45) is 0 Å². The van der Waals surface area contributed by atoms with Crippen molar-refractivity contribution in [2.75, 3.05) is 20.5 Å². The van der Waals surface area contributed by atoms with Gasteiger partial charge in [0.25, 0.3) is 0 Å². The van der Waals surface area contributed by atoms with Crippen LogP contribution in [0.3, 0.4) is 0 Å². The normalized spacial score (nSPS) is 13.4. The Bertz CT molecular complexity index is 1440. The fraction of sp³-hybridized carbons (Fsp3) is 0.344. The zero-order valence-electron chi connectivity index (χ0n) is 25.2. The molecular formula is C32H39ClNO8PS. The van der Waals surface area contributed by atoms with E-state index in [1.54, 1.807) is 20.8 Å². The fourth-order valence-corrected chi connectivity index (χ4v) is 5.78. The van der Waals surface area contributed by atoms with Crippen LogP contribution >= 0.6 is 31.0 Å². The van der Waals surface area contributed by atoms with E-state index in [2.05, 4.69) is 5.32 Å². The summed E-state index contributed by atoms with van der Waals surface area (Å²) in [6.45, 7) is 5.40. The van der Waals surface area contributed by atoms with Gasteiger partial charge in [-0.2, -0.15) is 0 Å². The van der Waals surface area contributed by atoms with Gasteiger partial charge < -0.3 is 34.1 Å². The van der Waals surface area contributed by atoms with Crippen LogP contribution in [0.2, 0.25) is 5.02 Å². The molecule has 0 radical (unpaired) electrons. The molecule has 0 saturated heterocycles.